The summed E-state index contributed by atoms with van der Waals surface area (Å²) >= 11 is 3.51. The van der Waals surface area contributed by atoms with E-state index in [9.17, 15) is 4.79 Å². The van der Waals surface area contributed by atoms with E-state index in [1.165, 1.54) is 0 Å². The standard InChI is InChI=1S/C13H18BrNO2/c1-3-8-15(9-13(16)17)10(2)11-6-4-5-7-12(11)14/h4-7,10H,3,8-9H2,1-2H3,(H,16,17). The van der Waals surface area contributed by atoms with Crippen molar-refractivity contribution < 1.29 is 9.90 Å². The number of aliphatic carboxylic acids is 1. The maximum atomic E-state index is 10.9. The van der Waals surface area contributed by atoms with Gasteiger partial charge in [-0.2, -0.15) is 0 Å². The summed E-state index contributed by atoms with van der Waals surface area (Å²) in [4.78, 5) is 12.8. The highest BCUT2D eigenvalue weighted by Gasteiger charge is 2.19. The maximum absolute atomic E-state index is 10.9. The van der Waals surface area contributed by atoms with E-state index in [-0.39, 0.29) is 12.6 Å². The van der Waals surface area contributed by atoms with Crippen LogP contribution in [-0.2, 0) is 4.79 Å². The number of carboxylic acids is 1. The molecule has 94 valence electrons. The topological polar surface area (TPSA) is 40.5 Å². The van der Waals surface area contributed by atoms with Gasteiger partial charge in [0.15, 0.2) is 0 Å². The molecule has 0 amide bonds. The third-order valence-electron chi connectivity index (χ3n) is 2.75. The van der Waals surface area contributed by atoms with Gasteiger partial charge in [-0.1, -0.05) is 41.1 Å². The molecule has 17 heavy (non-hydrogen) atoms. The Bertz CT molecular complexity index is 381. The van der Waals surface area contributed by atoms with Crippen molar-refractivity contribution in [2.75, 3.05) is 13.1 Å². The van der Waals surface area contributed by atoms with Crippen molar-refractivity contribution in [3.05, 3.63) is 34.3 Å². The van der Waals surface area contributed by atoms with E-state index < -0.39 is 5.97 Å². The summed E-state index contributed by atoms with van der Waals surface area (Å²) < 4.78 is 1.03. The molecular weight excluding hydrogens is 282 g/mol. The van der Waals surface area contributed by atoms with Crippen LogP contribution < -0.4 is 0 Å². The Morgan fingerprint density at radius 1 is 1.47 bits per heavy atom. The summed E-state index contributed by atoms with van der Waals surface area (Å²) in [7, 11) is 0. The summed E-state index contributed by atoms with van der Waals surface area (Å²) in [6.45, 7) is 4.96. The molecule has 1 N–H and O–H groups in total. The Balaban J connectivity index is 2.87. The van der Waals surface area contributed by atoms with Crippen molar-refractivity contribution in [1.29, 1.82) is 0 Å². The predicted octanol–water partition coefficient (Wildman–Crippen LogP) is 3.31. The van der Waals surface area contributed by atoms with Gasteiger partial charge in [-0.05, 0) is 31.5 Å². The van der Waals surface area contributed by atoms with Gasteiger partial charge in [0.25, 0.3) is 0 Å². The molecule has 0 aliphatic carbocycles. The lowest BCUT2D eigenvalue weighted by atomic mass is 10.1. The lowest BCUT2D eigenvalue weighted by Crippen LogP contribution is -2.33. The van der Waals surface area contributed by atoms with Crippen molar-refractivity contribution in [3.63, 3.8) is 0 Å². The summed E-state index contributed by atoms with van der Waals surface area (Å²) in [5.41, 5.74) is 1.13. The largest absolute Gasteiger partial charge is 0.480 e. The van der Waals surface area contributed by atoms with E-state index >= 15 is 0 Å². The van der Waals surface area contributed by atoms with Gasteiger partial charge in [0.05, 0.1) is 6.54 Å². The second kappa shape index (κ2) is 6.77. The van der Waals surface area contributed by atoms with E-state index in [1.54, 1.807) is 0 Å². The summed E-state index contributed by atoms with van der Waals surface area (Å²) in [6, 6.07) is 8.04. The SMILES string of the molecule is CCCN(CC(=O)O)C(C)c1ccccc1Br. The van der Waals surface area contributed by atoms with Crippen LogP contribution in [0.15, 0.2) is 28.7 Å². The Kier molecular flexibility index (Phi) is 5.65. The zero-order valence-corrected chi connectivity index (χ0v) is 11.8. The highest BCUT2D eigenvalue weighted by Crippen LogP contribution is 2.27. The first-order valence-electron chi connectivity index (χ1n) is 5.76. The maximum Gasteiger partial charge on any atom is 0.317 e. The average molecular weight is 300 g/mol. The highest BCUT2D eigenvalue weighted by atomic mass is 79.9. The number of hydrogen-bond acceptors (Lipinski definition) is 2. The smallest absolute Gasteiger partial charge is 0.317 e. The van der Waals surface area contributed by atoms with Crippen LogP contribution >= 0.6 is 15.9 Å². The molecule has 0 bridgehead atoms. The quantitative estimate of drug-likeness (QED) is 0.876. The fraction of sp³-hybridized carbons (Fsp3) is 0.462. The minimum atomic E-state index is -0.780. The molecule has 0 radical (unpaired) electrons. The first kappa shape index (κ1) is 14.2. The van der Waals surface area contributed by atoms with Crippen LogP contribution in [0.4, 0.5) is 0 Å². The molecule has 1 atom stereocenters. The number of halogens is 1. The van der Waals surface area contributed by atoms with E-state index in [0.29, 0.717) is 0 Å². The molecule has 0 aromatic heterocycles. The van der Waals surface area contributed by atoms with E-state index in [4.69, 9.17) is 5.11 Å². The average Bonchev–Trinajstić information content (AvgIpc) is 2.28. The number of nitrogens with zero attached hydrogens (tertiary/aromatic N) is 1. The zero-order valence-electron chi connectivity index (χ0n) is 10.2. The van der Waals surface area contributed by atoms with Gasteiger partial charge in [-0.3, -0.25) is 9.69 Å². The van der Waals surface area contributed by atoms with Crippen molar-refractivity contribution in [3.8, 4) is 0 Å². The lowest BCUT2D eigenvalue weighted by molar-refractivity contribution is -0.138. The number of hydrogen-bond donors (Lipinski definition) is 1. The molecule has 1 rings (SSSR count). The highest BCUT2D eigenvalue weighted by molar-refractivity contribution is 9.10. The van der Waals surface area contributed by atoms with Gasteiger partial charge in [0.2, 0.25) is 0 Å². The molecule has 0 saturated heterocycles. The van der Waals surface area contributed by atoms with Crippen molar-refractivity contribution in [1.82, 2.24) is 4.90 Å². The van der Waals surface area contributed by atoms with Crippen LogP contribution in [0.1, 0.15) is 31.9 Å². The minimum absolute atomic E-state index is 0.0797. The first-order chi connectivity index (χ1) is 8.06. The van der Waals surface area contributed by atoms with E-state index in [1.807, 2.05) is 36.1 Å². The van der Waals surface area contributed by atoms with Crippen LogP contribution in [0, 0.1) is 0 Å². The van der Waals surface area contributed by atoms with Crippen molar-refractivity contribution in [2.24, 2.45) is 0 Å². The second-order valence-electron chi connectivity index (χ2n) is 4.06. The monoisotopic (exact) mass is 299 g/mol. The molecule has 1 aromatic rings. The van der Waals surface area contributed by atoms with Crippen LogP contribution in [-0.4, -0.2) is 29.1 Å². The third kappa shape index (κ3) is 4.13. The summed E-state index contributed by atoms with van der Waals surface area (Å²) in [6.07, 6.45) is 0.947. The Morgan fingerprint density at radius 2 is 2.12 bits per heavy atom. The molecule has 0 spiro atoms. The molecule has 4 heteroatoms. The van der Waals surface area contributed by atoms with Crippen LogP contribution in [0.5, 0.6) is 0 Å². The van der Waals surface area contributed by atoms with Gasteiger partial charge >= 0.3 is 5.97 Å². The number of benzene rings is 1. The van der Waals surface area contributed by atoms with Crippen molar-refractivity contribution >= 4 is 21.9 Å². The van der Waals surface area contributed by atoms with Crippen LogP contribution in [0.2, 0.25) is 0 Å². The molecule has 0 aliphatic rings. The third-order valence-corrected chi connectivity index (χ3v) is 3.47. The fourth-order valence-electron chi connectivity index (χ4n) is 1.88. The summed E-state index contributed by atoms with van der Waals surface area (Å²) in [5, 5.41) is 8.92. The van der Waals surface area contributed by atoms with Crippen LogP contribution in [0.3, 0.4) is 0 Å². The van der Waals surface area contributed by atoms with E-state index in [0.717, 1.165) is 23.0 Å². The van der Waals surface area contributed by atoms with Gasteiger partial charge < -0.3 is 5.11 Å². The fourth-order valence-corrected chi connectivity index (χ4v) is 2.50. The molecule has 3 nitrogen and oxygen atoms in total. The van der Waals surface area contributed by atoms with Gasteiger partial charge in [-0.25, -0.2) is 0 Å². The van der Waals surface area contributed by atoms with Gasteiger partial charge in [0.1, 0.15) is 0 Å². The Labute approximate surface area is 111 Å². The molecule has 0 saturated carbocycles. The molecular formula is C13H18BrNO2. The number of carbonyl (C=O) groups is 1. The van der Waals surface area contributed by atoms with Crippen molar-refractivity contribution in [2.45, 2.75) is 26.3 Å². The predicted molar refractivity (Wildman–Crippen MR) is 72.1 cm³/mol. The number of rotatable bonds is 6. The molecule has 0 aliphatic heterocycles. The Hall–Kier alpha value is -0.870. The normalized spacial score (nSPS) is 12.7. The molecule has 1 aromatic carbocycles. The summed E-state index contributed by atoms with van der Waals surface area (Å²) in [5.74, 6) is -0.780. The van der Waals surface area contributed by atoms with Crippen LogP contribution in [0.25, 0.3) is 0 Å². The second-order valence-corrected chi connectivity index (χ2v) is 4.92. The Morgan fingerprint density at radius 3 is 2.65 bits per heavy atom. The minimum Gasteiger partial charge on any atom is -0.480 e. The molecule has 1 unspecified atom stereocenters. The zero-order chi connectivity index (χ0) is 12.8. The molecule has 0 fully saturated rings. The first-order valence-corrected chi connectivity index (χ1v) is 6.55. The number of carboxylic acid groups (broad SMARTS) is 1. The lowest BCUT2D eigenvalue weighted by Gasteiger charge is -2.28. The molecule has 0 heterocycles. The van der Waals surface area contributed by atoms with Gasteiger partial charge in [0, 0.05) is 10.5 Å². The van der Waals surface area contributed by atoms with Gasteiger partial charge in [-0.15, -0.1) is 0 Å². The van der Waals surface area contributed by atoms with E-state index in [2.05, 4.69) is 22.9 Å².